The van der Waals surface area contributed by atoms with Crippen molar-refractivity contribution in [1.29, 1.82) is 0 Å². The smallest absolute Gasteiger partial charge is 0.241 e. The number of nitrogens with two attached hydrogens (primary N) is 1. The Morgan fingerprint density at radius 1 is 1.32 bits per heavy atom. The molecule has 3 N–H and O–H groups in total. The highest BCUT2D eigenvalue weighted by atomic mass is 16.2. The fourth-order valence-corrected chi connectivity index (χ4v) is 1.57. The fourth-order valence-electron chi connectivity index (χ4n) is 1.57. The lowest BCUT2D eigenvalue weighted by atomic mass is 10.0. The van der Waals surface area contributed by atoms with E-state index in [1.807, 2.05) is 38.1 Å². The summed E-state index contributed by atoms with van der Waals surface area (Å²) in [6.45, 7) is 3.83. The highest BCUT2D eigenvalue weighted by molar-refractivity contribution is 5.94. The van der Waals surface area contributed by atoms with E-state index >= 15 is 0 Å². The average Bonchev–Trinajstić information content (AvgIpc) is 2.92. The van der Waals surface area contributed by atoms with E-state index in [2.05, 4.69) is 15.4 Å². The Morgan fingerprint density at radius 2 is 2.00 bits per heavy atom. The molecule has 0 spiro atoms. The lowest BCUT2D eigenvalue weighted by Crippen LogP contribution is -2.39. The van der Waals surface area contributed by atoms with Crippen LogP contribution in [0.3, 0.4) is 0 Å². The van der Waals surface area contributed by atoms with Crippen molar-refractivity contribution < 1.29 is 4.79 Å². The Labute approximate surface area is 111 Å². The van der Waals surface area contributed by atoms with Gasteiger partial charge in [0, 0.05) is 5.69 Å². The van der Waals surface area contributed by atoms with Crippen LogP contribution in [0.4, 0.5) is 5.69 Å². The molecule has 1 heterocycles. The molecule has 1 atom stereocenters. The number of amides is 1. The molecule has 0 aliphatic carbocycles. The maximum atomic E-state index is 11.8. The third-order valence-electron chi connectivity index (χ3n) is 2.84. The third kappa shape index (κ3) is 3.17. The minimum atomic E-state index is -0.505. The van der Waals surface area contributed by atoms with Gasteiger partial charge in [0.1, 0.15) is 12.7 Å². The van der Waals surface area contributed by atoms with Crippen molar-refractivity contribution in [1.82, 2.24) is 14.8 Å². The highest BCUT2D eigenvalue weighted by Gasteiger charge is 2.16. The summed E-state index contributed by atoms with van der Waals surface area (Å²) in [6.07, 6.45) is 3.08. The number of nitrogens with one attached hydrogen (secondary N) is 1. The van der Waals surface area contributed by atoms with Crippen LogP contribution >= 0.6 is 0 Å². The van der Waals surface area contributed by atoms with Crippen molar-refractivity contribution in [2.45, 2.75) is 19.9 Å². The SMILES string of the molecule is CC(C)[C@H](N)C(=O)Nc1ccc(-n2cncn2)cc1. The number of rotatable bonds is 4. The Bertz CT molecular complexity index is 533. The quantitative estimate of drug-likeness (QED) is 0.863. The number of nitrogens with zero attached hydrogens (tertiary/aromatic N) is 3. The molecular weight excluding hydrogens is 242 g/mol. The van der Waals surface area contributed by atoms with Crippen LogP contribution < -0.4 is 11.1 Å². The number of benzene rings is 1. The van der Waals surface area contributed by atoms with Gasteiger partial charge in [0.2, 0.25) is 5.91 Å². The maximum absolute atomic E-state index is 11.8. The molecule has 2 rings (SSSR count). The number of aromatic nitrogens is 3. The lowest BCUT2D eigenvalue weighted by molar-refractivity contribution is -0.118. The second-order valence-corrected chi connectivity index (χ2v) is 4.65. The topological polar surface area (TPSA) is 85.8 Å². The van der Waals surface area contributed by atoms with Gasteiger partial charge in [-0.3, -0.25) is 4.79 Å². The summed E-state index contributed by atoms with van der Waals surface area (Å²) in [7, 11) is 0. The van der Waals surface area contributed by atoms with Crippen LogP contribution in [0.1, 0.15) is 13.8 Å². The van der Waals surface area contributed by atoms with Crippen molar-refractivity contribution in [2.24, 2.45) is 11.7 Å². The van der Waals surface area contributed by atoms with Gasteiger partial charge in [-0.25, -0.2) is 9.67 Å². The summed E-state index contributed by atoms with van der Waals surface area (Å²) in [5, 5.41) is 6.81. The van der Waals surface area contributed by atoms with E-state index in [0.717, 1.165) is 5.69 Å². The molecule has 1 aromatic carbocycles. The molecule has 0 aliphatic rings. The first-order valence-electron chi connectivity index (χ1n) is 6.09. The van der Waals surface area contributed by atoms with Gasteiger partial charge in [-0.2, -0.15) is 5.10 Å². The standard InChI is InChI=1S/C13H17N5O/c1-9(2)12(14)13(19)17-10-3-5-11(6-4-10)18-8-15-7-16-18/h3-9,12H,14H2,1-2H3,(H,17,19)/t12-/m0/s1. The predicted octanol–water partition coefficient (Wildman–Crippen LogP) is 1.19. The maximum Gasteiger partial charge on any atom is 0.241 e. The van der Waals surface area contributed by atoms with Gasteiger partial charge in [0.05, 0.1) is 11.7 Å². The summed E-state index contributed by atoms with van der Waals surface area (Å²) in [5.41, 5.74) is 7.37. The molecule has 0 radical (unpaired) electrons. The first-order valence-corrected chi connectivity index (χ1v) is 6.09. The molecule has 0 fully saturated rings. The summed E-state index contributed by atoms with van der Waals surface area (Å²) in [6, 6.07) is 6.82. The summed E-state index contributed by atoms with van der Waals surface area (Å²) < 4.78 is 1.64. The van der Waals surface area contributed by atoms with Crippen LogP contribution in [0, 0.1) is 5.92 Å². The molecule has 0 bridgehead atoms. The monoisotopic (exact) mass is 259 g/mol. The minimum Gasteiger partial charge on any atom is -0.325 e. The van der Waals surface area contributed by atoms with Crippen LogP contribution in [-0.4, -0.2) is 26.7 Å². The van der Waals surface area contributed by atoms with E-state index in [1.165, 1.54) is 6.33 Å². The van der Waals surface area contributed by atoms with Gasteiger partial charge in [-0.15, -0.1) is 0 Å². The van der Waals surface area contributed by atoms with Gasteiger partial charge in [-0.1, -0.05) is 13.8 Å². The minimum absolute atomic E-state index is 0.106. The molecule has 1 aromatic heterocycles. The summed E-state index contributed by atoms with van der Waals surface area (Å²) in [4.78, 5) is 15.7. The van der Waals surface area contributed by atoms with E-state index in [1.54, 1.807) is 11.0 Å². The summed E-state index contributed by atoms with van der Waals surface area (Å²) >= 11 is 0. The van der Waals surface area contributed by atoms with Crippen molar-refractivity contribution in [3.8, 4) is 5.69 Å². The number of carbonyl (C=O) groups excluding carboxylic acids is 1. The fraction of sp³-hybridized carbons (Fsp3) is 0.308. The Hall–Kier alpha value is -2.21. The van der Waals surface area contributed by atoms with Crippen LogP contribution in [0.5, 0.6) is 0 Å². The van der Waals surface area contributed by atoms with E-state index in [9.17, 15) is 4.79 Å². The number of hydrogen-bond donors (Lipinski definition) is 2. The molecular formula is C13H17N5O. The second kappa shape index (κ2) is 5.62. The van der Waals surface area contributed by atoms with E-state index < -0.39 is 6.04 Å². The van der Waals surface area contributed by atoms with E-state index in [0.29, 0.717) is 5.69 Å². The highest BCUT2D eigenvalue weighted by Crippen LogP contribution is 2.13. The van der Waals surface area contributed by atoms with Crippen LogP contribution in [0.15, 0.2) is 36.9 Å². The zero-order chi connectivity index (χ0) is 13.8. The zero-order valence-electron chi connectivity index (χ0n) is 10.9. The third-order valence-corrected chi connectivity index (χ3v) is 2.84. The predicted molar refractivity (Wildman–Crippen MR) is 72.8 cm³/mol. The van der Waals surface area contributed by atoms with Gasteiger partial charge in [0.25, 0.3) is 0 Å². The van der Waals surface area contributed by atoms with Gasteiger partial charge >= 0.3 is 0 Å². The van der Waals surface area contributed by atoms with Gasteiger partial charge in [-0.05, 0) is 30.2 Å². The Kier molecular flexibility index (Phi) is 3.91. The zero-order valence-corrected chi connectivity index (χ0v) is 10.9. The van der Waals surface area contributed by atoms with Gasteiger partial charge < -0.3 is 11.1 Å². The first kappa shape index (κ1) is 13.2. The first-order chi connectivity index (χ1) is 9.08. The van der Waals surface area contributed by atoms with E-state index in [4.69, 9.17) is 5.73 Å². The van der Waals surface area contributed by atoms with Gasteiger partial charge in [0.15, 0.2) is 0 Å². The molecule has 2 aromatic rings. The molecule has 6 heteroatoms. The van der Waals surface area contributed by atoms with Crippen molar-refractivity contribution in [3.63, 3.8) is 0 Å². The lowest BCUT2D eigenvalue weighted by Gasteiger charge is -2.15. The average molecular weight is 259 g/mol. The molecule has 0 unspecified atom stereocenters. The Balaban J connectivity index is 2.05. The van der Waals surface area contributed by atoms with Crippen LogP contribution in [-0.2, 0) is 4.79 Å². The number of hydrogen-bond acceptors (Lipinski definition) is 4. The van der Waals surface area contributed by atoms with E-state index in [-0.39, 0.29) is 11.8 Å². The van der Waals surface area contributed by atoms with Crippen LogP contribution in [0.25, 0.3) is 5.69 Å². The normalized spacial score (nSPS) is 12.4. The number of anilines is 1. The van der Waals surface area contributed by atoms with Crippen molar-refractivity contribution in [3.05, 3.63) is 36.9 Å². The largest absolute Gasteiger partial charge is 0.325 e. The molecule has 6 nitrogen and oxygen atoms in total. The molecule has 0 aliphatic heterocycles. The Morgan fingerprint density at radius 3 is 2.53 bits per heavy atom. The summed E-state index contributed by atoms with van der Waals surface area (Å²) in [5.74, 6) is -0.0714. The molecule has 100 valence electrons. The number of carbonyl (C=O) groups is 1. The second-order valence-electron chi connectivity index (χ2n) is 4.65. The van der Waals surface area contributed by atoms with Crippen LogP contribution in [0.2, 0.25) is 0 Å². The molecule has 0 saturated heterocycles. The molecule has 19 heavy (non-hydrogen) atoms. The van der Waals surface area contributed by atoms with Crippen molar-refractivity contribution >= 4 is 11.6 Å². The molecule has 0 saturated carbocycles. The molecule has 1 amide bonds. The van der Waals surface area contributed by atoms with Crippen molar-refractivity contribution in [2.75, 3.05) is 5.32 Å².